The number of hydrogen-bond acceptors (Lipinski definition) is 5. The molecule has 123 valence electrons. The first kappa shape index (κ1) is 15.6. The summed E-state index contributed by atoms with van der Waals surface area (Å²) in [4.78, 5) is 5.45. The Bertz CT molecular complexity index is 959. The SMILES string of the molecule is CCc1[c]sc(-c2noc(-c3ccc(Oc4ccccc4)cc3)n2)c1. The van der Waals surface area contributed by atoms with E-state index in [1.165, 1.54) is 11.3 Å². The van der Waals surface area contributed by atoms with Crippen LogP contribution in [-0.4, -0.2) is 10.1 Å². The largest absolute Gasteiger partial charge is 0.457 e. The van der Waals surface area contributed by atoms with Gasteiger partial charge in [0.2, 0.25) is 5.82 Å². The molecule has 0 aliphatic heterocycles. The summed E-state index contributed by atoms with van der Waals surface area (Å²) in [6, 6.07) is 19.3. The second kappa shape index (κ2) is 6.91. The summed E-state index contributed by atoms with van der Waals surface area (Å²) in [5.41, 5.74) is 2.02. The highest BCUT2D eigenvalue weighted by Crippen LogP contribution is 2.29. The molecule has 4 aromatic rings. The number of rotatable bonds is 5. The molecule has 0 aliphatic carbocycles. The minimum atomic E-state index is 0.493. The van der Waals surface area contributed by atoms with Crippen LogP contribution >= 0.6 is 11.3 Å². The van der Waals surface area contributed by atoms with Crippen LogP contribution < -0.4 is 4.74 Å². The standard InChI is InChI=1S/C20H15N2O2S/c1-2-14-12-18(25-13-14)19-21-20(24-22-19)15-8-10-17(11-9-15)23-16-6-4-3-5-7-16/h3-12H,2H2,1H3. The van der Waals surface area contributed by atoms with Gasteiger partial charge in [-0.15, -0.1) is 11.3 Å². The Balaban J connectivity index is 1.52. The normalized spacial score (nSPS) is 10.8. The van der Waals surface area contributed by atoms with Crippen LogP contribution in [0.4, 0.5) is 0 Å². The van der Waals surface area contributed by atoms with Crippen LogP contribution in [0.15, 0.2) is 65.2 Å². The van der Waals surface area contributed by atoms with Gasteiger partial charge < -0.3 is 9.26 Å². The van der Waals surface area contributed by atoms with Crippen molar-refractivity contribution in [3.63, 3.8) is 0 Å². The minimum Gasteiger partial charge on any atom is -0.457 e. The van der Waals surface area contributed by atoms with E-state index in [1.807, 2.05) is 54.6 Å². The van der Waals surface area contributed by atoms with Crippen molar-refractivity contribution >= 4 is 11.3 Å². The summed E-state index contributed by atoms with van der Waals surface area (Å²) in [6.45, 7) is 2.10. The molecule has 0 saturated heterocycles. The number of nitrogens with zero attached hydrogens (tertiary/aromatic N) is 2. The maximum Gasteiger partial charge on any atom is 0.258 e. The lowest BCUT2D eigenvalue weighted by Crippen LogP contribution is -1.84. The van der Waals surface area contributed by atoms with Gasteiger partial charge in [-0.1, -0.05) is 30.3 Å². The summed E-state index contributed by atoms with van der Waals surface area (Å²) >= 11 is 1.51. The first-order valence-electron chi connectivity index (χ1n) is 7.99. The molecule has 4 nitrogen and oxygen atoms in total. The van der Waals surface area contributed by atoms with E-state index in [-0.39, 0.29) is 0 Å². The number of aryl methyl sites for hydroxylation is 1. The lowest BCUT2D eigenvalue weighted by atomic mass is 10.2. The first-order valence-corrected chi connectivity index (χ1v) is 8.81. The first-order chi connectivity index (χ1) is 12.3. The molecule has 0 fully saturated rings. The Labute approximate surface area is 149 Å². The minimum absolute atomic E-state index is 0.493. The van der Waals surface area contributed by atoms with Crippen LogP contribution in [-0.2, 0) is 6.42 Å². The highest BCUT2D eigenvalue weighted by atomic mass is 32.1. The number of para-hydroxylation sites is 1. The van der Waals surface area contributed by atoms with Crippen molar-refractivity contribution in [1.82, 2.24) is 10.1 Å². The molecule has 0 saturated carbocycles. The zero-order chi connectivity index (χ0) is 17.1. The zero-order valence-electron chi connectivity index (χ0n) is 13.6. The van der Waals surface area contributed by atoms with E-state index in [4.69, 9.17) is 9.26 Å². The summed E-state index contributed by atoms with van der Waals surface area (Å²) < 4.78 is 11.2. The average molecular weight is 347 g/mol. The fourth-order valence-corrected chi connectivity index (χ4v) is 3.17. The van der Waals surface area contributed by atoms with Crippen molar-refractivity contribution in [3.8, 4) is 33.7 Å². The number of ether oxygens (including phenoxy) is 1. The molecule has 0 unspecified atom stereocenters. The van der Waals surface area contributed by atoms with E-state index in [9.17, 15) is 0 Å². The van der Waals surface area contributed by atoms with Gasteiger partial charge in [0.05, 0.1) is 4.88 Å². The molecule has 2 aromatic heterocycles. The molecule has 0 atom stereocenters. The third-order valence-electron chi connectivity index (χ3n) is 3.70. The van der Waals surface area contributed by atoms with Crippen LogP contribution in [0, 0.1) is 5.38 Å². The van der Waals surface area contributed by atoms with E-state index in [1.54, 1.807) is 0 Å². The lowest BCUT2D eigenvalue weighted by Gasteiger charge is -2.05. The molecule has 4 rings (SSSR count). The maximum absolute atomic E-state index is 5.79. The van der Waals surface area contributed by atoms with Gasteiger partial charge in [-0.25, -0.2) is 0 Å². The Morgan fingerprint density at radius 3 is 2.52 bits per heavy atom. The fraction of sp³-hybridized carbons (Fsp3) is 0.100. The summed E-state index contributed by atoms with van der Waals surface area (Å²) in [7, 11) is 0. The highest BCUT2D eigenvalue weighted by molar-refractivity contribution is 7.13. The fourth-order valence-electron chi connectivity index (χ4n) is 2.35. The van der Waals surface area contributed by atoms with Gasteiger partial charge in [0, 0.05) is 10.9 Å². The Hall–Kier alpha value is -2.92. The van der Waals surface area contributed by atoms with Crippen molar-refractivity contribution in [3.05, 3.63) is 71.6 Å². The van der Waals surface area contributed by atoms with Crippen LogP contribution in [0.1, 0.15) is 12.5 Å². The van der Waals surface area contributed by atoms with Crippen LogP contribution in [0.25, 0.3) is 22.2 Å². The summed E-state index contributed by atoms with van der Waals surface area (Å²) in [5, 5.41) is 7.31. The zero-order valence-corrected chi connectivity index (χ0v) is 14.4. The topological polar surface area (TPSA) is 48.2 Å². The van der Waals surface area contributed by atoms with E-state index in [0.29, 0.717) is 11.7 Å². The van der Waals surface area contributed by atoms with Crippen molar-refractivity contribution in [2.45, 2.75) is 13.3 Å². The predicted molar refractivity (Wildman–Crippen MR) is 97.8 cm³/mol. The van der Waals surface area contributed by atoms with Gasteiger partial charge in [0.1, 0.15) is 11.5 Å². The smallest absolute Gasteiger partial charge is 0.258 e. The average Bonchev–Trinajstić information content (AvgIpc) is 3.32. The van der Waals surface area contributed by atoms with E-state index in [2.05, 4.69) is 28.5 Å². The molecule has 0 amide bonds. The van der Waals surface area contributed by atoms with Gasteiger partial charge in [0.25, 0.3) is 5.89 Å². The number of benzene rings is 2. The molecule has 0 N–H and O–H groups in total. The third kappa shape index (κ3) is 3.46. The van der Waals surface area contributed by atoms with Crippen molar-refractivity contribution in [2.24, 2.45) is 0 Å². The van der Waals surface area contributed by atoms with Crippen LogP contribution in [0.3, 0.4) is 0 Å². The van der Waals surface area contributed by atoms with Crippen molar-refractivity contribution in [2.75, 3.05) is 0 Å². The molecule has 0 spiro atoms. The van der Waals surface area contributed by atoms with E-state index < -0.39 is 0 Å². The Morgan fingerprint density at radius 1 is 1.04 bits per heavy atom. The van der Waals surface area contributed by atoms with Gasteiger partial charge in [0.15, 0.2) is 0 Å². The van der Waals surface area contributed by atoms with Gasteiger partial charge in [-0.05, 0) is 54.4 Å². The highest BCUT2D eigenvalue weighted by Gasteiger charge is 2.12. The van der Waals surface area contributed by atoms with Gasteiger partial charge >= 0.3 is 0 Å². The molecular weight excluding hydrogens is 332 g/mol. The van der Waals surface area contributed by atoms with Crippen LogP contribution in [0.2, 0.25) is 0 Å². The third-order valence-corrected chi connectivity index (χ3v) is 4.59. The maximum atomic E-state index is 5.79. The number of aromatic nitrogens is 2. The van der Waals surface area contributed by atoms with Crippen LogP contribution in [0.5, 0.6) is 11.5 Å². The second-order valence-electron chi connectivity index (χ2n) is 5.45. The van der Waals surface area contributed by atoms with E-state index in [0.717, 1.165) is 33.9 Å². The van der Waals surface area contributed by atoms with Gasteiger partial charge in [-0.2, -0.15) is 4.98 Å². The predicted octanol–water partition coefficient (Wildman–Crippen LogP) is 5.62. The molecular formula is C20H15N2O2S. The summed E-state index contributed by atoms with van der Waals surface area (Å²) in [5.74, 6) is 2.65. The monoisotopic (exact) mass is 347 g/mol. The molecule has 5 heteroatoms. The molecule has 0 bridgehead atoms. The quantitative estimate of drug-likeness (QED) is 0.470. The molecule has 2 heterocycles. The van der Waals surface area contributed by atoms with Crippen molar-refractivity contribution < 1.29 is 9.26 Å². The number of thiophene rings is 1. The Kier molecular flexibility index (Phi) is 4.31. The lowest BCUT2D eigenvalue weighted by molar-refractivity contribution is 0.432. The summed E-state index contributed by atoms with van der Waals surface area (Å²) in [6.07, 6.45) is 0.948. The molecule has 25 heavy (non-hydrogen) atoms. The molecule has 1 radical (unpaired) electrons. The Morgan fingerprint density at radius 2 is 1.80 bits per heavy atom. The van der Waals surface area contributed by atoms with E-state index >= 15 is 0 Å². The van der Waals surface area contributed by atoms with Crippen molar-refractivity contribution in [1.29, 1.82) is 0 Å². The van der Waals surface area contributed by atoms with Gasteiger partial charge in [-0.3, -0.25) is 0 Å². The molecule has 0 aliphatic rings. The number of hydrogen-bond donors (Lipinski definition) is 0. The second-order valence-corrected chi connectivity index (χ2v) is 6.30. The molecule has 2 aromatic carbocycles.